The highest BCUT2D eigenvalue weighted by molar-refractivity contribution is 5.14. The van der Waals surface area contributed by atoms with E-state index in [4.69, 9.17) is 0 Å². The molecule has 1 aromatic heterocycles. The number of H-pyrrole nitrogens is 1. The van der Waals surface area contributed by atoms with E-state index >= 15 is 0 Å². The Morgan fingerprint density at radius 3 is 2.40 bits per heavy atom. The van der Waals surface area contributed by atoms with Gasteiger partial charge in [-0.2, -0.15) is 0 Å². The number of nitrogens with one attached hydrogen (secondary N) is 1. The summed E-state index contributed by atoms with van der Waals surface area (Å²) in [4.78, 5) is 25.3. The maximum atomic E-state index is 11.7. The number of hydrogen-bond donors (Lipinski definition) is 1. The van der Waals surface area contributed by atoms with Crippen molar-refractivity contribution in [2.45, 2.75) is 45.1 Å². The average molecular weight is 208 g/mol. The molecule has 0 aromatic carbocycles. The van der Waals surface area contributed by atoms with Gasteiger partial charge in [-0.25, -0.2) is 4.79 Å². The van der Waals surface area contributed by atoms with Crippen molar-refractivity contribution in [2.75, 3.05) is 0 Å². The van der Waals surface area contributed by atoms with Crippen molar-refractivity contribution in [1.82, 2.24) is 9.55 Å². The summed E-state index contributed by atoms with van der Waals surface area (Å²) >= 11 is 0. The molecule has 0 atom stereocenters. The molecule has 0 unspecified atom stereocenters. The van der Waals surface area contributed by atoms with E-state index in [1.165, 1.54) is 0 Å². The lowest BCUT2D eigenvalue weighted by atomic mass is 9.91. The molecule has 4 nitrogen and oxygen atoms in total. The fourth-order valence-electron chi connectivity index (χ4n) is 1.78. The zero-order chi connectivity index (χ0) is 11.2. The lowest BCUT2D eigenvalue weighted by Crippen LogP contribution is -2.35. The maximum Gasteiger partial charge on any atom is 0.328 e. The molecular weight excluding hydrogens is 192 g/mol. The van der Waals surface area contributed by atoms with Crippen molar-refractivity contribution in [3.63, 3.8) is 0 Å². The SMILES string of the molecule is CC(C)(C)c1cc(=O)[nH]c(=O)n1C1CC1. The van der Waals surface area contributed by atoms with E-state index in [0.717, 1.165) is 18.5 Å². The monoisotopic (exact) mass is 208 g/mol. The molecule has 1 N–H and O–H groups in total. The Balaban J connectivity index is 2.70. The van der Waals surface area contributed by atoms with Gasteiger partial charge in [0.05, 0.1) is 0 Å². The van der Waals surface area contributed by atoms with Gasteiger partial charge in [0.1, 0.15) is 0 Å². The van der Waals surface area contributed by atoms with Gasteiger partial charge in [0.15, 0.2) is 0 Å². The number of hydrogen-bond acceptors (Lipinski definition) is 2. The third kappa shape index (κ3) is 1.89. The Morgan fingerprint density at radius 2 is 1.93 bits per heavy atom. The Morgan fingerprint density at radius 1 is 1.33 bits per heavy atom. The molecule has 1 saturated carbocycles. The summed E-state index contributed by atoms with van der Waals surface area (Å²) in [6, 6.07) is 1.84. The van der Waals surface area contributed by atoms with Crippen LogP contribution >= 0.6 is 0 Å². The number of nitrogens with zero attached hydrogens (tertiary/aromatic N) is 1. The second-order valence-corrected chi connectivity index (χ2v) is 5.18. The minimum absolute atomic E-state index is 0.171. The first-order valence-electron chi connectivity index (χ1n) is 5.26. The van der Waals surface area contributed by atoms with Crippen molar-refractivity contribution in [3.8, 4) is 0 Å². The first kappa shape index (κ1) is 10.2. The average Bonchev–Trinajstić information content (AvgIpc) is 2.84. The van der Waals surface area contributed by atoms with Gasteiger partial charge in [-0.15, -0.1) is 0 Å². The van der Waals surface area contributed by atoms with E-state index in [1.807, 2.05) is 20.8 Å². The lowest BCUT2D eigenvalue weighted by molar-refractivity contribution is 0.496. The lowest BCUT2D eigenvalue weighted by Gasteiger charge is -2.23. The molecule has 1 heterocycles. The predicted octanol–water partition coefficient (Wildman–Crippen LogP) is 1.17. The van der Waals surface area contributed by atoms with Gasteiger partial charge in [-0.1, -0.05) is 20.8 Å². The van der Waals surface area contributed by atoms with Crippen molar-refractivity contribution in [3.05, 3.63) is 32.6 Å². The largest absolute Gasteiger partial charge is 0.328 e. The molecule has 0 aliphatic heterocycles. The van der Waals surface area contributed by atoms with Gasteiger partial charge in [0.2, 0.25) is 0 Å². The molecule has 0 amide bonds. The Bertz CT molecular complexity index is 487. The van der Waals surface area contributed by atoms with E-state index in [9.17, 15) is 9.59 Å². The summed E-state index contributed by atoms with van der Waals surface area (Å²) in [5.41, 5.74) is 0.0891. The fraction of sp³-hybridized carbons (Fsp3) is 0.636. The number of aromatic nitrogens is 2. The van der Waals surface area contributed by atoms with E-state index in [-0.39, 0.29) is 16.7 Å². The van der Waals surface area contributed by atoms with Gasteiger partial charge in [0, 0.05) is 23.2 Å². The summed E-state index contributed by atoms with van der Waals surface area (Å²) in [6.07, 6.45) is 2.07. The molecule has 82 valence electrons. The summed E-state index contributed by atoms with van der Waals surface area (Å²) in [6.45, 7) is 6.04. The van der Waals surface area contributed by atoms with Crippen LogP contribution in [0.15, 0.2) is 15.7 Å². The zero-order valence-electron chi connectivity index (χ0n) is 9.33. The molecule has 2 rings (SSSR count). The highest BCUT2D eigenvalue weighted by Crippen LogP contribution is 2.36. The minimum Gasteiger partial charge on any atom is -0.294 e. The molecule has 0 saturated heterocycles. The van der Waals surface area contributed by atoms with Gasteiger partial charge >= 0.3 is 5.69 Å². The molecule has 4 heteroatoms. The van der Waals surface area contributed by atoms with Crippen molar-refractivity contribution >= 4 is 0 Å². The van der Waals surface area contributed by atoms with Gasteiger partial charge in [0.25, 0.3) is 5.56 Å². The molecular formula is C11H16N2O2. The van der Waals surface area contributed by atoms with Crippen molar-refractivity contribution in [2.24, 2.45) is 0 Å². The third-order valence-electron chi connectivity index (χ3n) is 2.66. The molecule has 15 heavy (non-hydrogen) atoms. The van der Waals surface area contributed by atoms with Crippen molar-refractivity contribution < 1.29 is 0 Å². The Kier molecular flexibility index (Phi) is 2.10. The highest BCUT2D eigenvalue weighted by atomic mass is 16.2. The van der Waals surface area contributed by atoms with E-state index in [2.05, 4.69) is 4.98 Å². The standard InChI is InChI=1S/C11H16N2O2/c1-11(2,3)8-6-9(14)12-10(15)13(8)7-4-5-7/h6-7H,4-5H2,1-3H3,(H,12,14,15). The number of rotatable bonds is 1. The first-order valence-corrected chi connectivity index (χ1v) is 5.26. The summed E-state index contributed by atoms with van der Waals surface area (Å²) in [5.74, 6) is 0. The second kappa shape index (κ2) is 3.08. The first-order chi connectivity index (χ1) is 6.89. The Hall–Kier alpha value is -1.32. The normalized spacial score (nSPS) is 16.7. The zero-order valence-corrected chi connectivity index (χ0v) is 9.33. The van der Waals surface area contributed by atoms with Crippen molar-refractivity contribution in [1.29, 1.82) is 0 Å². The van der Waals surface area contributed by atoms with E-state index in [1.54, 1.807) is 10.6 Å². The van der Waals surface area contributed by atoms with Crippen LogP contribution in [0, 0.1) is 0 Å². The summed E-state index contributed by atoms with van der Waals surface area (Å²) in [5, 5.41) is 0. The maximum absolute atomic E-state index is 11.7. The molecule has 1 aromatic rings. The van der Waals surface area contributed by atoms with Crippen LogP contribution in [0.25, 0.3) is 0 Å². The smallest absolute Gasteiger partial charge is 0.294 e. The van der Waals surface area contributed by atoms with Gasteiger partial charge in [-0.3, -0.25) is 14.3 Å². The third-order valence-corrected chi connectivity index (χ3v) is 2.66. The molecule has 1 fully saturated rings. The quantitative estimate of drug-likeness (QED) is 0.753. The molecule has 0 spiro atoms. The fourth-order valence-corrected chi connectivity index (χ4v) is 1.78. The van der Waals surface area contributed by atoms with Crippen LogP contribution in [0.2, 0.25) is 0 Å². The van der Waals surface area contributed by atoms with Crippen LogP contribution in [-0.4, -0.2) is 9.55 Å². The van der Waals surface area contributed by atoms with Gasteiger partial charge in [-0.05, 0) is 12.8 Å². The second-order valence-electron chi connectivity index (χ2n) is 5.18. The van der Waals surface area contributed by atoms with E-state index in [0.29, 0.717) is 6.04 Å². The molecule has 1 aliphatic carbocycles. The molecule has 0 bridgehead atoms. The highest BCUT2D eigenvalue weighted by Gasteiger charge is 2.30. The molecule has 0 radical (unpaired) electrons. The predicted molar refractivity (Wildman–Crippen MR) is 58.3 cm³/mol. The van der Waals surface area contributed by atoms with Crippen LogP contribution in [0.1, 0.15) is 45.3 Å². The van der Waals surface area contributed by atoms with Crippen LogP contribution in [0.3, 0.4) is 0 Å². The molecule has 1 aliphatic rings. The Labute approximate surface area is 88.0 Å². The van der Waals surface area contributed by atoms with Crippen LogP contribution in [-0.2, 0) is 5.41 Å². The topological polar surface area (TPSA) is 54.9 Å². The summed E-state index contributed by atoms with van der Waals surface area (Å²) in [7, 11) is 0. The number of aromatic amines is 1. The van der Waals surface area contributed by atoms with Gasteiger partial charge < -0.3 is 0 Å². The van der Waals surface area contributed by atoms with E-state index < -0.39 is 0 Å². The van der Waals surface area contributed by atoms with Crippen LogP contribution in [0.5, 0.6) is 0 Å². The summed E-state index contributed by atoms with van der Waals surface area (Å²) < 4.78 is 1.74. The van der Waals surface area contributed by atoms with Crippen LogP contribution in [0.4, 0.5) is 0 Å². The van der Waals surface area contributed by atoms with Crippen LogP contribution < -0.4 is 11.2 Å². The minimum atomic E-state index is -0.304.